The van der Waals surface area contributed by atoms with Gasteiger partial charge in [-0.05, 0) is 57.8 Å². The summed E-state index contributed by atoms with van der Waals surface area (Å²) >= 11 is 0. The quantitative estimate of drug-likeness (QED) is 0.768. The molecule has 1 rings (SSSR count). The fourth-order valence-electron chi connectivity index (χ4n) is 1.51. The van der Waals surface area contributed by atoms with Crippen LogP contribution in [0.2, 0.25) is 0 Å². The van der Waals surface area contributed by atoms with Gasteiger partial charge in [0.1, 0.15) is 11.8 Å². The minimum absolute atomic E-state index is 0.0280. The van der Waals surface area contributed by atoms with Crippen molar-refractivity contribution in [3.05, 3.63) is 35.7 Å². The SMILES string of the molecule is C=CC(C#N)=N/C=C(\C)C(NC(C)(C)C)=C1CC1. The molecule has 0 spiro atoms. The van der Waals surface area contributed by atoms with E-state index in [4.69, 9.17) is 5.26 Å². The molecule has 0 aromatic heterocycles. The maximum atomic E-state index is 8.78. The summed E-state index contributed by atoms with van der Waals surface area (Å²) in [6, 6.07) is 1.99. The van der Waals surface area contributed by atoms with E-state index in [0.717, 1.165) is 18.4 Å². The summed E-state index contributed by atoms with van der Waals surface area (Å²) < 4.78 is 0. The van der Waals surface area contributed by atoms with Gasteiger partial charge in [-0.25, -0.2) is 4.99 Å². The number of rotatable bonds is 4. The van der Waals surface area contributed by atoms with E-state index in [2.05, 4.69) is 37.7 Å². The van der Waals surface area contributed by atoms with Gasteiger partial charge in [0.15, 0.2) is 0 Å². The van der Waals surface area contributed by atoms with Gasteiger partial charge in [0.2, 0.25) is 0 Å². The molecule has 0 saturated heterocycles. The van der Waals surface area contributed by atoms with Crippen LogP contribution in [0.3, 0.4) is 0 Å². The maximum absolute atomic E-state index is 8.78. The number of hydrogen-bond acceptors (Lipinski definition) is 3. The van der Waals surface area contributed by atoms with Crippen molar-refractivity contribution in [3.8, 4) is 6.07 Å². The summed E-state index contributed by atoms with van der Waals surface area (Å²) in [6.07, 6.45) is 5.50. The third-order valence-electron chi connectivity index (χ3n) is 2.45. The molecule has 0 aromatic rings. The molecule has 1 N–H and O–H groups in total. The average molecular weight is 243 g/mol. The Hall–Kier alpha value is -1.82. The molecule has 0 amide bonds. The molecular weight excluding hydrogens is 222 g/mol. The van der Waals surface area contributed by atoms with Gasteiger partial charge in [-0.1, -0.05) is 6.58 Å². The van der Waals surface area contributed by atoms with Crippen molar-refractivity contribution in [2.24, 2.45) is 4.99 Å². The minimum Gasteiger partial charge on any atom is -0.380 e. The van der Waals surface area contributed by atoms with Gasteiger partial charge in [0.05, 0.1) is 0 Å². The standard InChI is InChI=1S/C15H21N3/c1-6-13(9-16)17-10-11(2)14(12-7-8-12)18-15(3,4)5/h6,10,18H,1,7-8H2,2-5H3/b11-10+,17-13?. The van der Waals surface area contributed by atoms with Crippen LogP contribution in [0.1, 0.15) is 40.5 Å². The molecule has 0 heterocycles. The first kappa shape index (κ1) is 14.2. The van der Waals surface area contributed by atoms with Gasteiger partial charge in [-0.3, -0.25) is 0 Å². The first-order valence-corrected chi connectivity index (χ1v) is 6.15. The monoisotopic (exact) mass is 243 g/mol. The average Bonchev–Trinajstić information content (AvgIpc) is 3.09. The molecule has 0 aliphatic heterocycles. The van der Waals surface area contributed by atoms with Gasteiger partial charge in [0.25, 0.3) is 0 Å². The molecule has 1 saturated carbocycles. The molecule has 1 aliphatic rings. The molecule has 3 nitrogen and oxygen atoms in total. The van der Waals surface area contributed by atoms with Crippen LogP contribution in [0.25, 0.3) is 0 Å². The second-order valence-electron chi connectivity index (χ2n) is 5.50. The van der Waals surface area contributed by atoms with Gasteiger partial charge in [-0.2, -0.15) is 5.26 Å². The highest BCUT2D eigenvalue weighted by atomic mass is 15.0. The van der Waals surface area contributed by atoms with Gasteiger partial charge < -0.3 is 5.32 Å². The zero-order chi connectivity index (χ0) is 13.8. The lowest BCUT2D eigenvalue weighted by atomic mass is 10.1. The van der Waals surface area contributed by atoms with E-state index >= 15 is 0 Å². The van der Waals surface area contributed by atoms with E-state index in [1.807, 2.05) is 13.0 Å². The minimum atomic E-state index is 0.0280. The predicted octanol–water partition coefficient (Wildman–Crippen LogP) is 3.48. The van der Waals surface area contributed by atoms with Crippen LogP contribution in [0.4, 0.5) is 0 Å². The Kier molecular flexibility index (Phi) is 4.49. The predicted molar refractivity (Wildman–Crippen MR) is 76.2 cm³/mol. The Bertz CT molecular complexity index is 459. The Morgan fingerprint density at radius 1 is 1.44 bits per heavy atom. The smallest absolute Gasteiger partial charge is 0.139 e. The van der Waals surface area contributed by atoms with Crippen molar-refractivity contribution in [2.75, 3.05) is 0 Å². The topological polar surface area (TPSA) is 48.2 Å². The molecule has 3 heteroatoms. The molecule has 18 heavy (non-hydrogen) atoms. The first-order valence-electron chi connectivity index (χ1n) is 6.15. The molecule has 0 radical (unpaired) electrons. The van der Waals surface area contributed by atoms with Crippen molar-refractivity contribution >= 4 is 5.71 Å². The molecule has 1 fully saturated rings. The Labute approximate surface area is 110 Å². The van der Waals surface area contributed by atoms with E-state index in [1.54, 1.807) is 6.20 Å². The van der Waals surface area contributed by atoms with Crippen LogP contribution in [-0.4, -0.2) is 11.3 Å². The Morgan fingerprint density at radius 3 is 2.44 bits per heavy atom. The number of allylic oxidation sites excluding steroid dienone is 3. The molecular formula is C15H21N3. The van der Waals surface area contributed by atoms with E-state index in [-0.39, 0.29) is 5.54 Å². The second-order valence-corrected chi connectivity index (χ2v) is 5.50. The highest BCUT2D eigenvalue weighted by molar-refractivity contribution is 6.07. The van der Waals surface area contributed by atoms with Gasteiger partial charge in [-0.15, -0.1) is 0 Å². The first-order chi connectivity index (χ1) is 8.37. The number of nitrogens with zero attached hydrogens (tertiary/aromatic N) is 2. The summed E-state index contributed by atoms with van der Waals surface area (Å²) in [5.74, 6) is 0. The number of nitriles is 1. The summed E-state index contributed by atoms with van der Waals surface area (Å²) in [6.45, 7) is 12.0. The maximum Gasteiger partial charge on any atom is 0.139 e. The molecule has 0 atom stereocenters. The van der Waals surface area contributed by atoms with E-state index in [0.29, 0.717) is 5.71 Å². The summed E-state index contributed by atoms with van der Waals surface area (Å²) in [5.41, 5.74) is 4.04. The van der Waals surface area contributed by atoms with Crippen LogP contribution in [0.5, 0.6) is 0 Å². The van der Waals surface area contributed by atoms with Crippen LogP contribution in [-0.2, 0) is 0 Å². The lowest BCUT2D eigenvalue weighted by molar-refractivity contribution is 0.475. The Morgan fingerprint density at radius 2 is 2.06 bits per heavy atom. The highest BCUT2D eigenvalue weighted by Crippen LogP contribution is 2.34. The fourth-order valence-corrected chi connectivity index (χ4v) is 1.51. The molecule has 0 aromatic carbocycles. The van der Waals surface area contributed by atoms with Crippen LogP contribution in [0.15, 0.2) is 40.7 Å². The van der Waals surface area contributed by atoms with Gasteiger partial charge >= 0.3 is 0 Å². The van der Waals surface area contributed by atoms with E-state index in [1.165, 1.54) is 17.3 Å². The normalized spacial score (nSPS) is 16.1. The molecule has 1 aliphatic carbocycles. The van der Waals surface area contributed by atoms with Crippen molar-refractivity contribution < 1.29 is 0 Å². The zero-order valence-electron chi connectivity index (χ0n) is 11.7. The lowest BCUT2D eigenvalue weighted by Crippen LogP contribution is -2.35. The molecule has 0 unspecified atom stereocenters. The van der Waals surface area contributed by atoms with Crippen molar-refractivity contribution in [1.82, 2.24) is 5.32 Å². The van der Waals surface area contributed by atoms with Crippen molar-refractivity contribution in [2.45, 2.75) is 46.1 Å². The van der Waals surface area contributed by atoms with Crippen LogP contribution in [0, 0.1) is 11.3 Å². The Balaban J connectivity index is 2.93. The third-order valence-corrected chi connectivity index (χ3v) is 2.45. The van der Waals surface area contributed by atoms with Gasteiger partial charge in [0, 0.05) is 17.4 Å². The molecule has 0 bridgehead atoms. The van der Waals surface area contributed by atoms with Crippen LogP contribution >= 0.6 is 0 Å². The number of nitrogens with one attached hydrogen (secondary N) is 1. The largest absolute Gasteiger partial charge is 0.380 e. The summed E-state index contributed by atoms with van der Waals surface area (Å²) in [7, 11) is 0. The van der Waals surface area contributed by atoms with Crippen LogP contribution < -0.4 is 5.32 Å². The zero-order valence-corrected chi connectivity index (χ0v) is 11.7. The van der Waals surface area contributed by atoms with Crippen molar-refractivity contribution in [3.63, 3.8) is 0 Å². The number of hydrogen-bond donors (Lipinski definition) is 1. The summed E-state index contributed by atoms with van der Waals surface area (Å²) in [5, 5.41) is 12.3. The van der Waals surface area contributed by atoms with E-state index in [9.17, 15) is 0 Å². The van der Waals surface area contributed by atoms with E-state index < -0.39 is 0 Å². The number of aliphatic imine (C=N–C) groups is 1. The highest BCUT2D eigenvalue weighted by Gasteiger charge is 2.22. The summed E-state index contributed by atoms with van der Waals surface area (Å²) in [4.78, 5) is 4.12. The third kappa shape index (κ3) is 4.58. The van der Waals surface area contributed by atoms with Crippen molar-refractivity contribution in [1.29, 1.82) is 5.26 Å². The lowest BCUT2D eigenvalue weighted by Gasteiger charge is -2.25. The molecule has 96 valence electrons. The fraction of sp³-hybridized carbons (Fsp3) is 0.467. The second kappa shape index (κ2) is 5.68.